The van der Waals surface area contributed by atoms with E-state index in [9.17, 15) is 4.79 Å². The van der Waals surface area contributed by atoms with Crippen molar-refractivity contribution in [1.29, 1.82) is 0 Å². The van der Waals surface area contributed by atoms with Gasteiger partial charge in [-0.1, -0.05) is 20.8 Å². The predicted octanol–water partition coefficient (Wildman–Crippen LogP) is 2.48. The lowest BCUT2D eigenvalue weighted by atomic mass is 9.91. The van der Waals surface area contributed by atoms with Crippen molar-refractivity contribution in [2.75, 3.05) is 6.61 Å². The van der Waals surface area contributed by atoms with Gasteiger partial charge in [0.05, 0.1) is 6.61 Å². The van der Waals surface area contributed by atoms with Gasteiger partial charge in [-0.15, -0.1) is 0 Å². The molecule has 88 valence electrons. The van der Waals surface area contributed by atoms with Crippen LogP contribution in [0.1, 0.15) is 43.7 Å². The van der Waals surface area contributed by atoms with Gasteiger partial charge in [0.25, 0.3) is 0 Å². The van der Waals surface area contributed by atoms with Gasteiger partial charge in [-0.25, -0.2) is 9.78 Å². The largest absolute Gasteiger partial charge is 0.477 e. The smallest absolute Gasteiger partial charge is 0.341 e. The second-order valence-electron chi connectivity index (χ2n) is 4.54. The number of hydrogen-bond acceptors (Lipinski definition) is 3. The van der Waals surface area contributed by atoms with Crippen LogP contribution >= 0.6 is 0 Å². The van der Waals surface area contributed by atoms with E-state index in [0.29, 0.717) is 6.61 Å². The number of rotatable bonds is 3. The van der Waals surface area contributed by atoms with Gasteiger partial charge in [0, 0.05) is 11.1 Å². The molecule has 0 saturated carbocycles. The summed E-state index contributed by atoms with van der Waals surface area (Å²) >= 11 is 0. The van der Waals surface area contributed by atoms with Crippen LogP contribution in [-0.4, -0.2) is 22.7 Å². The zero-order valence-electron chi connectivity index (χ0n) is 10.1. The standard InChI is InChI=1S/C12H17NO3/c1-5-16-10-8(11(14)15)6-7-9(13-10)12(2,3)4/h6-7H,5H2,1-4H3,(H,14,15). The SMILES string of the molecule is CCOc1nc(C(C)(C)C)ccc1C(=O)O. The van der Waals surface area contributed by atoms with E-state index in [1.807, 2.05) is 20.8 Å². The summed E-state index contributed by atoms with van der Waals surface area (Å²) < 4.78 is 5.24. The molecule has 4 nitrogen and oxygen atoms in total. The van der Waals surface area contributed by atoms with Gasteiger partial charge in [-0.05, 0) is 19.1 Å². The zero-order chi connectivity index (χ0) is 12.3. The molecule has 0 atom stereocenters. The molecule has 1 aromatic rings. The number of nitrogens with zero attached hydrogens (tertiary/aromatic N) is 1. The first-order valence-electron chi connectivity index (χ1n) is 5.24. The molecule has 0 bridgehead atoms. The molecule has 0 spiro atoms. The Balaban J connectivity index is 3.22. The summed E-state index contributed by atoms with van der Waals surface area (Å²) in [4.78, 5) is 15.2. The second kappa shape index (κ2) is 4.51. The molecule has 1 rings (SSSR count). The number of aromatic nitrogens is 1. The van der Waals surface area contributed by atoms with E-state index in [2.05, 4.69) is 4.98 Å². The first-order valence-corrected chi connectivity index (χ1v) is 5.24. The molecule has 0 aliphatic heterocycles. The maximum absolute atomic E-state index is 10.9. The molecule has 1 aromatic heterocycles. The fourth-order valence-corrected chi connectivity index (χ4v) is 1.27. The minimum atomic E-state index is -1.02. The van der Waals surface area contributed by atoms with Gasteiger partial charge >= 0.3 is 5.97 Å². The van der Waals surface area contributed by atoms with Gasteiger partial charge in [0.1, 0.15) is 5.56 Å². The van der Waals surface area contributed by atoms with Crippen LogP contribution in [0.15, 0.2) is 12.1 Å². The second-order valence-corrected chi connectivity index (χ2v) is 4.54. The number of pyridine rings is 1. The molecule has 0 amide bonds. The van der Waals surface area contributed by atoms with Gasteiger partial charge < -0.3 is 9.84 Å². The van der Waals surface area contributed by atoms with E-state index in [1.54, 1.807) is 19.1 Å². The minimum Gasteiger partial charge on any atom is -0.477 e. The van der Waals surface area contributed by atoms with Gasteiger partial charge in [-0.2, -0.15) is 0 Å². The van der Waals surface area contributed by atoms with Gasteiger partial charge in [-0.3, -0.25) is 0 Å². The van der Waals surface area contributed by atoms with Crippen molar-refractivity contribution in [3.8, 4) is 5.88 Å². The molecule has 1 N–H and O–H groups in total. The highest BCUT2D eigenvalue weighted by Crippen LogP contribution is 2.24. The molecule has 0 aliphatic rings. The van der Waals surface area contributed by atoms with Crippen molar-refractivity contribution >= 4 is 5.97 Å². The third kappa shape index (κ3) is 2.72. The average Bonchev–Trinajstić information content (AvgIpc) is 2.16. The van der Waals surface area contributed by atoms with E-state index in [1.165, 1.54) is 0 Å². The lowest BCUT2D eigenvalue weighted by Crippen LogP contribution is -2.15. The quantitative estimate of drug-likeness (QED) is 0.855. The van der Waals surface area contributed by atoms with E-state index in [0.717, 1.165) is 5.69 Å². The molecule has 0 fully saturated rings. The Morgan fingerprint density at radius 1 is 1.44 bits per heavy atom. The Kier molecular flexibility index (Phi) is 3.52. The van der Waals surface area contributed by atoms with Crippen molar-refractivity contribution < 1.29 is 14.6 Å². The van der Waals surface area contributed by atoms with Crippen molar-refractivity contribution in [2.24, 2.45) is 0 Å². The van der Waals surface area contributed by atoms with E-state index in [4.69, 9.17) is 9.84 Å². The Bertz CT molecular complexity index is 394. The molecule has 0 unspecified atom stereocenters. The lowest BCUT2D eigenvalue weighted by Gasteiger charge is -2.19. The number of carboxylic acid groups (broad SMARTS) is 1. The predicted molar refractivity (Wildman–Crippen MR) is 61.1 cm³/mol. The molecular weight excluding hydrogens is 206 g/mol. The third-order valence-electron chi connectivity index (χ3n) is 2.14. The number of hydrogen-bond donors (Lipinski definition) is 1. The highest BCUT2D eigenvalue weighted by atomic mass is 16.5. The molecule has 0 radical (unpaired) electrons. The van der Waals surface area contributed by atoms with Crippen molar-refractivity contribution in [3.05, 3.63) is 23.4 Å². The summed E-state index contributed by atoms with van der Waals surface area (Å²) in [5, 5.41) is 8.97. The maximum atomic E-state index is 10.9. The van der Waals surface area contributed by atoms with Crippen LogP contribution in [0.2, 0.25) is 0 Å². The van der Waals surface area contributed by atoms with Crippen LogP contribution in [0.4, 0.5) is 0 Å². The van der Waals surface area contributed by atoms with Crippen LogP contribution in [0.25, 0.3) is 0 Å². The molecule has 0 aromatic carbocycles. The van der Waals surface area contributed by atoms with Crippen LogP contribution in [0.3, 0.4) is 0 Å². The first kappa shape index (κ1) is 12.5. The van der Waals surface area contributed by atoms with Crippen LogP contribution in [0.5, 0.6) is 5.88 Å². The van der Waals surface area contributed by atoms with Crippen LogP contribution < -0.4 is 4.74 Å². The van der Waals surface area contributed by atoms with Crippen molar-refractivity contribution in [2.45, 2.75) is 33.1 Å². The monoisotopic (exact) mass is 223 g/mol. The maximum Gasteiger partial charge on any atom is 0.341 e. The van der Waals surface area contributed by atoms with E-state index in [-0.39, 0.29) is 16.9 Å². The van der Waals surface area contributed by atoms with Crippen LogP contribution in [-0.2, 0) is 5.41 Å². The summed E-state index contributed by atoms with van der Waals surface area (Å²) in [6, 6.07) is 3.27. The summed E-state index contributed by atoms with van der Waals surface area (Å²) in [5.41, 5.74) is 0.805. The topological polar surface area (TPSA) is 59.4 Å². The average molecular weight is 223 g/mol. The third-order valence-corrected chi connectivity index (χ3v) is 2.14. The lowest BCUT2D eigenvalue weighted by molar-refractivity contribution is 0.0691. The summed E-state index contributed by atoms with van der Waals surface area (Å²) in [6.07, 6.45) is 0. The fraction of sp³-hybridized carbons (Fsp3) is 0.500. The Labute approximate surface area is 95.3 Å². The highest BCUT2D eigenvalue weighted by molar-refractivity contribution is 5.90. The van der Waals surface area contributed by atoms with E-state index < -0.39 is 5.97 Å². The molecule has 0 aliphatic carbocycles. The summed E-state index contributed by atoms with van der Waals surface area (Å²) in [6.45, 7) is 8.26. The Morgan fingerprint density at radius 2 is 2.06 bits per heavy atom. The molecule has 4 heteroatoms. The van der Waals surface area contributed by atoms with E-state index >= 15 is 0 Å². The highest BCUT2D eigenvalue weighted by Gasteiger charge is 2.20. The number of carboxylic acids is 1. The number of aromatic carboxylic acids is 1. The first-order chi connectivity index (χ1) is 7.36. The summed E-state index contributed by atoms with van der Waals surface area (Å²) in [5.74, 6) is -0.821. The van der Waals surface area contributed by atoms with Gasteiger partial charge in [0.15, 0.2) is 0 Å². The molecule has 0 saturated heterocycles. The normalized spacial score (nSPS) is 11.2. The summed E-state index contributed by atoms with van der Waals surface area (Å²) in [7, 11) is 0. The molecule has 16 heavy (non-hydrogen) atoms. The molecule has 1 heterocycles. The number of carbonyl (C=O) groups is 1. The Morgan fingerprint density at radius 3 is 2.50 bits per heavy atom. The fourth-order valence-electron chi connectivity index (χ4n) is 1.27. The zero-order valence-corrected chi connectivity index (χ0v) is 10.1. The van der Waals surface area contributed by atoms with Gasteiger partial charge in [0.2, 0.25) is 5.88 Å². The van der Waals surface area contributed by atoms with Crippen molar-refractivity contribution in [1.82, 2.24) is 4.98 Å². The molecular formula is C12H17NO3. The minimum absolute atomic E-state index is 0.106. The number of ether oxygens (including phenoxy) is 1. The Hall–Kier alpha value is -1.58. The van der Waals surface area contributed by atoms with Crippen molar-refractivity contribution in [3.63, 3.8) is 0 Å². The van der Waals surface area contributed by atoms with Crippen LogP contribution in [0, 0.1) is 0 Å².